The van der Waals surface area contributed by atoms with Gasteiger partial charge in [-0.05, 0) is 37.5 Å². The molecule has 74 valence electrons. The molecule has 1 aliphatic carbocycles. The zero-order valence-electron chi connectivity index (χ0n) is 7.70. The molecule has 1 aliphatic rings. The van der Waals surface area contributed by atoms with Crippen molar-refractivity contribution in [1.29, 1.82) is 0 Å². The second kappa shape index (κ2) is 4.01. The molecule has 0 radical (unpaired) electrons. The van der Waals surface area contributed by atoms with Gasteiger partial charge in [0.05, 0.1) is 11.7 Å². The first kappa shape index (κ1) is 9.53. The molecule has 0 atom stereocenters. The largest absolute Gasteiger partial charge is 0.490 e. The maximum absolute atomic E-state index is 10.7. The number of aldehydes is 1. The first-order chi connectivity index (χ1) is 6.79. The zero-order chi connectivity index (χ0) is 9.97. The van der Waals surface area contributed by atoms with E-state index in [9.17, 15) is 4.79 Å². The van der Waals surface area contributed by atoms with Crippen LogP contribution in [0.3, 0.4) is 0 Å². The van der Waals surface area contributed by atoms with E-state index in [4.69, 9.17) is 16.3 Å². The number of ether oxygens (including phenoxy) is 1. The lowest BCUT2D eigenvalue weighted by Gasteiger charge is -2.26. The third-order valence-corrected chi connectivity index (χ3v) is 2.68. The molecule has 0 saturated heterocycles. The number of carbonyl (C=O) groups is 1. The van der Waals surface area contributed by atoms with Crippen LogP contribution in [0, 0.1) is 0 Å². The summed E-state index contributed by atoms with van der Waals surface area (Å²) >= 11 is 5.77. The Bertz CT molecular complexity index is 345. The SMILES string of the molecule is O=Cc1cc(Cl)ccc1OC1CCC1. The van der Waals surface area contributed by atoms with Gasteiger partial charge in [0, 0.05) is 5.02 Å². The van der Waals surface area contributed by atoms with Crippen LogP contribution in [0.25, 0.3) is 0 Å². The van der Waals surface area contributed by atoms with Crippen LogP contribution in [-0.2, 0) is 0 Å². The third-order valence-electron chi connectivity index (χ3n) is 2.44. The van der Waals surface area contributed by atoms with Crippen molar-refractivity contribution in [2.24, 2.45) is 0 Å². The Kier molecular flexibility index (Phi) is 2.73. The van der Waals surface area contributed by atoms with Crippen molar-refractivity contribution in [1.82, 2.24) is 0 Å². The highest BCUT2D eigenvalue weighted by Gasteiger charge is 2.20. The van der Waals surface area contributed by atoms with Crippen molar-refractivity contribution in [2.45, 2.75) is 25.4 Å². The predicted molar refractivity (Wildman–Crippen MR) is 55.1 cm³/mol. The lowest BCUT2D eigenvalue weighted by atomic mass is 9.96. The molecule has 1 aromatic carbocycles. The number of halogens is 1. The van der Waals surface area contributed by atoms with Gasteiger partial charge in [0.2, 0.25) is 0 Å². The molecule has 2 nitrogen and oxygen atoms in total. The fourth-order valence-electron chi connectivity index (χ4n) is 1.39. The molecule has 0 heterocycles. The summed E-state index contributed by atoms with van der Waals surface area (Å²) in [4.78, 5) is 10.7. The van der Waals surface area contributed by atoms with Crippen LogP contribution in [0.1, 0.15) is 29.6 Å². The van der Waals surface area contributed by atoms with Gasteiger partial charge in [0.25, 0.3) is 0 Å². The van der Waals surface area contributed by atoms with Crippen molar-refractivity contribution in [2.75, 3.05) is 0 Å². The summed E-state index contributed by atoms with van der Waals surface area (Å²) < 4.78 is 5.64. The van der Waals surface area contributed by atoms with Gasteiger partial charge < -0.3 is 4.74 Å². The minimum Gasteiger partial charge on any atom is -0.490 e. The van der Waals surface area contributed by atoms with E-state index in [0.717, 1.165) is 19.1 Å². The number of hydrogen-bond donors (Lipinski definition) is 0. The lowest BCUT2D eigenvalue weighted by Crippen LogP contribution is -2.24. The van der Waals surface area contributed by atoms with Gasteiger partial charge in [-0.1, -0.05) is 11.6 Å². The minimum absolute atomic E-state index is 0.287. The third kappa shape index (κ3) is 1.90. The zero-order valence-corrected chi connectivity index (χ0v) is 8.46. The Hall–Kier alpha value is -1.02. The monoisotopic (exact) mass is 210 g/mol. The summed E-state index contributed by atoms with van der Waals surface area (Å²) in [5.41, 5.74) is 0.532. The molecule has 1 aromatic rings. The van der Waals surface area contributed by atoms with Gasteiger partial charge in [-0.2, -0.15) is 0 Å². The van der Waals surface area contributed by atoms with Crippen molar-refractivity contribution in [3.63, 3.8) is 0 Å². The van der Waals surface area contributed by atoms with E-state index in [1.807, 2.05) is 0 Å². The summed E-state index contributed by atoms with van der Waals surface area (Å²) in [5.74, 6) is 0.647. The molecule has 0 aromatic heterocycles. The molecule has 3 heteroatoms. The maximum Gasteiger partial charge on any atom is 0.153 e. The number of rotatable bonds is 3. The topological polar surface area (TPSA) is 26.3 Å². The predicted octanol–water partition coefficient (Wildman–Crippen LogP) is 3.08. The van der Waals surface area contributed by atoms with Gasteiger partial charge in [0.1, 0.15) is 5.75 Å². The number of hydrogen-bond acceptors (Lipinski definition) is 2. The molecule has 14 heavy (non-hydrogen) atoms. The quantitative estimate of drug-likeness (QED) is 0.717. The highest BCUT2D eigenvalue weighted by atomic mass is 35.5. The Labute approximate surface area is 87.8 Å². The van der Waals surface area contributed by atoms with Gasteiger partial charge in [0.15, 0.2) is 6.29 Å². The van der Waals surface area contributed by atoms with Crippen LogP contribution < -0.4 is 4.74 Å². The Balaban J connectivity index is 2.18. The van der Waals surface area contributed by atoms with E-state index in [1.54, 1.807) is 18.2 Å². The van der Waals surface area contributed by atoms with Crippen LogP contribution >= 0.6 is 11.6 Å². The molecule has 1 fully saturated rings. The van der Waals surface area contributed by atoms with Crippen LogP contribution in [0.4, 0.5) is 0 Å². The first-order valence-corrected chi connectivity index (χ1v) is 5.09. The molecule has 0 unspecified atom stereocenters. The van der Waals surface area contributed by atoms with E-state index in [0.29, 0.717) is 16.3 Å². The van der Waals surface area contributed by atoms with Crippen LogP contribution in [-0.4, -0.2) is 12.4 Å². The van der Waals surface area contributed by atoms with E-state index in [-0.39, 0.29) is 6.10 Å². The Morgan fingerprint density at radius 3 is 2.79 bits per heavy atom. The molecular weight excluding hydrogens is 200 g/mol. The van der Waals surface area contributed by atoms with Crippen molar-refractivity contribution >= 4 is 17.9 Å². The number of carbonyl (C=O) groups excluding carboxylic acids is 1. The van der Waals surface area contributed by atoms with Crippen molar-refractivity contribution in [3.8, 4) is 5.75 Å². The summed E-state index contributed by atoms with van der Waals surface area (Å²) in [6, 6.07) is 5.12. The molecule has 0 bridgehead atoms. The number of benzene rings is 1. The smallest absolute Gasteiger partial charge is 0.153 e. The Morgan fingerprint density at radius 2 is 2.21 bits per heavy atom. The van der Waals surface area contributed by atoms with Gasteiger partial charge in [-0.15, -0.1) is 0 Å². The van der Waals surface area contributed by atoms with E-state index in [1.165, 1.54) is 6.42 Å². The van der Waals surface area contributed by atoms with E-state index < -0.39 is 0 Å². The molecular formula is C11H11ClO2. The van der Waals surface area contributed by atoms with E-state index >= 15 is 0 Å². The fraction of sp³-hybridized carbons (Fsp3) is 0.364. The fourth-order valence-corrected chi connectivity index (χ4v) is 1.57. The Morgan fingerprint density at radius 1 is 1.43 bits per heavy atom. The molecule has 1 saturated carbocycles. The molecule has 0 aliphatic heterocycles. The van der Waals surface area contributed by atoms with Gasteiger partial charge in [-0.3, -0.25) is 4.79 Å². The highest BCUT2D eigenvalue weighted by Crippen LogP contribution is 2.28. The van der Waals surface area contributed by atoms with Gasteiger partial charge >= 0.3 is 0 Å². The summed E-state index contributed by atoms with van der Waals surface area (Å²) in [6.07, 6.45) is 4.45. The standard InChI is InChI=1S/C11H11ClO2/c12-9-4-5-11(8(6-9)7-13)14-10-2-1-3-10/h4-7,10H,1-3H2. The summed E-state index contributed by atoms with van der Waals surface area (Å²) in [6.45, 7) is 0. The van der Waals surface area contributed by atoms with Crippen LogP contribution in [0.2, 0.25) is 5.02 Å². The lowest BCUT2D eigenvalue weighted by molar-refractivity contribution is 0.107. The normalized spacial score (nSPS) is 16.1. The second-order valence-corrected chi connectivity index (χ2v) is 3.91. The maximum atomic E-state index is 10.7. The molecule has 0 spiro atoms. The average Bonchev–Trinajstić information content (AvgIpc) is 2.13. The highest BCUT2D eigenvalue weighted by molar-refractivity contribution is 6.30. The van der Waals surface area contributed by atoms with Crippen molar-refractivity contribution in [3.05, 3.63) is 28.8 Å². The van der Waals surface area contributed by atoms with Crippen LogP contribution in [0.15, 0.2) is 18.2 Å². The van der Waals surface area contributed by atoms with Crippen LogP contribution in [0.5, 0.6) is 5.75 Å². The first-order valence-electron chi connectivity index (χ1n) is 4.71. The summed E-state index contributed by atoms with van der Waals surface area (Å²) in [7, 11) is 0. The minimum atomic E-state index is 0.287. The second-order valence-electron chi connectivity index (χ2n) is 3.47. The van der Waals surface area contributed by atoms with Crippen molar-refractivity contribution < 1.29 is 9.53 Å². The average molecular weight is 211 g/mol. The summed E-state index contributed by atoms with van der Waals surface area (Å²) in [5, 5.41) is 0.563. The molecule has 0 N–H and O–H groups in total. The van der Waals surface area contributed by atoms with E-state index in [2.05, 4.69) is 0 Å². The molecule has 2 rings (SSSR count). The molecule has 0 amide bonds. The van der Waals surface area contributed by atoms with Gasteiger partial charge in [-0.25, -0.2) is 0 Å².